The molecule has 0 spiro atoms. The molecule has 0 saturated carbocycles. The lowest BCUT2D eigenvalue weighted by Gasteiger charge is -2.12. The van der Waals surface area contributed by atoms with E-state index < -0.39 is 0 Å². The molecule has 0 fully saturated rings. The second-order valence-corrected chi connectivity index (χ2v) is 8.54. The van der Waals surface area contributed by atoms with Crippen molar-refractivity contribution in [1.29, 1.82) is 0 Å². The van der Waals surface area contributed by atoms with E-state index in [1.165, 1.54) is 70.6 Å². The molecule has 1 N–H and O–H groups in total. The molecule has 0 aliphatic rings. The zero-order valence-corrected chi connectivity index (χ0v) is 19.0. The highest BCUT2D eigenvalue weighted by Crippen LogP contribution is 2.23. The fraction of sp³-hybridized carbons (Fsp3) is 0.571. The first-order valence-corrected chi connectivity index (χ1v) is 12.2. The van der Waals surface area contributed by atoms with Crippen LogP contribution in [-0.4, -0.2) is 5.11 Å². The maximum Gasteiger partial charge on any atom is 0.119 e. The predicted molar refractivity (Wildman–Crippen MR) is 128 cm³/mol. The molecule has 0 radical (unpaired) electrons. The molecule has 0 bridgehead atoms. The van der Waals surface area contributed by atoms with Gasteiger partial charge in [0.2, 0.25) is 0 Å². The molecule has 0 saturated heterocycles. The number of hydrogen-bond donors (Lipinski definition) is 1. The molecule has 2 rings (SSSR count). The Balaban J connectivity index is 1.49. The van der Waals surface area contributed by atoms with Gasteiger partial charge >= 0.3 is 0 Å². The Kier molecular flexibility index (Phi) is 13.0. The predicted octanol–water partition coefficient (Wildman–Crippen LogP) is 8.39. The minimum atomic E-state index is -0.365. The van der Waals surface area contributed by atoms with Crippen molar-refractivity contribution in [1.82, 2.24) is 0 Å². The third kappa shape index (κ3) is 10.8. The summed E-state index contributed by atoms with van der Waals surface area (Å²) in [5.41, 5.74) is 2.15. The van der Waals surface area contributed by atoms with Gasteiger partial charge in [-0.1, -0.05) is 126 Å². The first-order chi connectivity index (χ1) is 14.8. The highest BCUT2D eigenvalue weighted by molar-refractivity contribution is 5.29. The van der Waals surface area contributed by atoms with Gasteiger partial charge in [0, 0.05) is 0 Å². The van der Waals surface area contributed by atoms with Crippen molar-refractivity contribution in [2.75, 3.05) is 0 Å². The number of rotatable bonds is 17. The van der Waals surface area contributed by atoms with E-state index in [0.717, 1.165) is 29.7 Å². The van der Waals surface area contributed by atoms with E-state index in [2.05, 4.69) is 19.1 Å². The zero-order valence-electron chi connectivity index (χ0n) is 19.0. The Bertz CT molecular complexity index is 635. The van der Waals surface area contributed by atoms with Gasteiger partial charge in [0.25, 0.3) is 0 Å². The van der Waals surface area contributed by atoms with Gasteiger partial charge in [0.1, 0.15) is 12.4 Å². The van der Waals surface area contributed by atoms with Gasteiger partial charge < -0.3 is 9.84 Å². The van der Waals surface area contributed by atoms with Crippen molar-refractivity contribution < 1.29 is 9.84 Å². The lowest BCUT2D eigenvalue weighted by atomic mass is 10.0. The lowest BCUT2D eigenvalue weighted by Crippen LogP contribution is -1.99. The van der Waals surface area contributed by atoms with Crippen LogP contribution in [0.2, 0.25) is 0 Å². The molecule has 1 unspecified atom stereocenters. The third-order valence-electron chi connectivity index (χ3n) is 5.84. The summed E-state index contributed by atoms with van der Waals surface area (Å²) >= 11 is 0. The van der Waals surface area contributed by atoms with Crippen LogP contribution in [0.25, 0.3) is 0 Å². The molecule has 0 aliphatic carbocycles. The largest absolute Gasteiger partial charge is 0.489 e. The topological polar surface area (TPSA) is 29.5 Å². The van der Waals surface area contributed by atoms with Crippen LogP contribution in [0.15, 0.2) is 54.6 Å². The summed E-state index contributed by atoms with van der Waals surface area (Å²) in [5.74, 6) is 0.847. The van der Waals surface area contributed by atoms with Crippen molar-refractivity contribution in [2.45, 2.75) is 103 Å². The molecular formula is C28H42O2. The van der Waals surface area contributed by atoms with E-state index in [9.17, 15) is 5.11 Å². The average Bonchev–Trinajstić information content (AvgIpc) is 2.79. The van der Waals surface area contributed by atoms with Crippen LogP contribution in [0.5, 0.6) is 5.75 Å². The second kappa shape index (κ2) is 16.0. The maximum atomic E-state index is 10.4. The van der Waals surface area contributed by atoms with Crippen LogP contribution in [0.4, 0.5) is 0 Å². The summed E-state index contributed by atoms with van der Waals surface area (Å²) in [6, 6.07) is 18.1. The van der Waals surface area contributed by atoms with Gasteiger partial charge in [0.15, 0.2) is 0 Å². The van der Waals surface area contributed by atoms with Gasteiger partial charge in [-0.15, -0.1) is 0 Å². The quantitative estimate of drug-likeness (QED) is 0.265. The van der Waals surface area contributed by atoms with Gasteiger partial charge in [-0.25, -0.2) is 0 Å². The Morgan fingerprint density at radius 3 is 1.77 bits per heavy atom. The van der Waals surface area contributed by atoms with E-state index in [1.807, 2.05) is 42.5 Å². The molecule has 1 atom stereocenters. The van der Waals surface area contributed by atoms with Crippen LogP contribution in [0.1, 0.15) is 108 Å². The number of hydrogen-bond acceptors (Lipinski definition) is 2. The second-order valence-electron chi connectivity index (χ2n) is 8.54. The molecule has 2 aromatic carbocycles. The van der Waals surface area contributed by atoms with E-state index in [1.54, 1.807) is 0 Å². The average molecular weight is 411 g/mol. The summed E-state index contributed by atoms with van der Waals surface area (Å²) < 4.78 is 5.82. The number of benzene rings is 2. The minimum Gasteiger partial charge on any atom is -0.489 e. The summed E-state index contributed by atoms with van der Waals surface area (Å²) in [6.07, 6.45) is 16.6. The molecule has 0 aromatic heterocycles. The molecule has 2 aromatic rings. The SMILES string of the molecule is CCCCCCCCCCCCCCC(O)c1ccc(OCc2ccccc2)cc1. The summed E-state index contributed by atoms with van der Waals surface area (Å²) in [6.45, 7) is 2.85. The van der Waals surface area contributed by atoms with Crippen molar-refractivity contribution in [3.63, 3.8) is 0 Å². The highest BCUT2D eigenvalue weighted by Gasteiger charge is 2.07. The van der Waals surface area contributed by atoms with Gasteiger partial charge in [-0.05, 0) is 29.7 Å². The third-order valence-corrected chi connectivity index (χ3v) is 5.84. The normalized spacial score (nSPS) is 12.1. The smallest absolute Gasteiger partial charge is 0.119 e. The molecule has 0 heterocycles. The van der Waals surface area contributed by atoms with Crippen molar-refractivity contribution in [3.8, 4) is 5.75 Å². The van der Waals surface area contributed by atoms with E-state index in [4.69, 9.17) is 4.74 Å². The molecule has 166 valence electrons. The Hall–Kier alpha value is -1.80. The van der Waals surface area contributed by atoms with Crippen LogP contribution < -0.4 is 4.74 Å². The number of aliphatic hydroxyl groups excluding tert-OH is 1. The van der Waals surface area contributed by atoms with E-state index >= 15 is 0 Å². The van der Waals surface area contributed by atoms with Crippen molar-refractivity contribution >= 4 is 0 Å². The number of aliphatic hydroxyl groups is 1. The molecule has 2 nitrogen and oxygen atoms in total. The van der Waals surface area contributed by atoms with Crippen LogP contribution in [0.3, 0.4) is 0 Å². The Labute approximate surface area is 184 Å². The van der Waals surface area contributed by atoms with Gasteiger partial charge in [-0.2, -0.15) is 0 Å². The fourth-order valence-corrected chi connectivity index (χ4v) is 3.87. The van der Waals surface area contributed by atoms with E-state index in [0.29, 0.717) is 6.61 Å². The number of ether oxygens (including phenoxy) is 1. The fourth-order valence-electron chi connectivity index (χ4n) is 3.87. The van der Waals surface area contributed by atoms with Crippen molar-refractivity contribution in [2.24, 2.45) is 0 Å². The molecule has 2 heteroatoms. The van der Waals surface area contributed by atoms with Gasteiger partial charge in [-0.3, -0.25) is 0 Å². The number of unbranched alkanes of at least 4 members (excludes halogenated alkanes) is 11. The van der Waals surface area contributed by atoms with Crippen molar-refractivity contribution in [3.05, 3.63) is 65.7 Å². The molecule has 0 amide bonds. The summed E-state index contributed by atoms with van der Waals surface area (Å²) in [4.78, 5) is 0. The van der Waals surface area contributed by atoms with Crippen LogP contribution >= 0.6 is 0 Å². The van der Waals surface area contributed by atoms with Gasteiger partial charge in [0.05, 0.1) is 6.10 Å². The monoisotopic (exact) mass is 410 g/mol. The maximum absolute atomic E-state index is 10.4. The molecular weight excluding hydrogens is 368 g/mol. The Morgan fingerprint density at radius 2 is 1.20 bits per heavy atom. The lowest BCUT2D eigenvalue weighted by molar-refractivity contribution is 0.163. The minimum absolute atomic E-state index is 0.365. The van der Waals surface area contributed by atoms with Crippen LogP contribution in [0, 0.1) is 0 Å². The standard InChI is InChI=1S/C28H42O2/c1-2-3-4-5-6-7-8-9-10-11-12-16-19-28(29)26-20-22-27(23-21-26)30-24-25-17-14-13-15-18-25/h13-15,17-18,20-23,28-29H,2-12,16,19,24H2,1H3. The van der Waals surface area contributed by atoms with Crippen LogP contribution in [-0.2, 0) is 6.61 Å². The zero-order chi connectivity index (χ0) is 21.3. The summed E-state index contributed by atoms with van der Waals surface area (Å²) in [7, 11) is 0. The Morgan fingerprint density at radius 1 is 0.667 bits per heavy atom. The van der Waals surface area contributed by atoms with E-state index in [-0.39, 0.29) is 6.10 Å². The summed E-state index contributed by atoms with van der Waals surface area (Å²) in [5, 5.41) is 10.4. The first-order valence-electron chi connectivity index (χ1n) is 12.2. The molecule has 30 heavy (non-hydrogen) atoms. The highest BCUT2D eigenvalue weighted by atomic mass is 16.5. The molecule has 0 aliphatic heterocycles. The first kappa shape index (κ1) is 24.5.